The van der Waals surface area contributed by atoms with Crippen molar-refractivity contribution in [3.05, 3.63) is 0 Å². The van der Waals surface area contributed by atoms with Gasteiger partial charge in [-0.2, -0.15) is 0 Å². The summed E-state index contributed by atoms with van der Waals surface area (Å²) in [5.41, 5.74) is 0. The SMILES string of the molecule is CN=C(NCCOC1CCCCCC1)NCC(F)F. The molecule has 0 saturated heterocycles. The predicted octanol–water partition coefficient (Wildman–Crippen LogP) is 2.16. The molecule has 0 radical (unpaired) electrons. The highest BCUT2D eigenvalue weighted by atomic mass is 19.3. The minimum absolute atomic E-state index is 0.361. The van der Waals surface area contributed by atoms with Crippen LogP contribution in [0.1, 0.15) is 38.5 Å². The molecule has 1 rings (SSSR count). The third-order valence-electron chi connectivity index (χ3n) is 3.20. The van der Waals surface area contributed by atoms with Gasteiger partial charge < -0.3 is 15.4 Å². The summed E-state index contributed by atoms with van der Waals surface area (Å²) in [4.78, 5) is 3.86. The van der Waals surface area contributed by atoms with Crippen molar-refractivity contribution in [3.63, 3.8) is 0 Å². The fraction of sp³-hybridized carbons (Fsp3) is 0.923. The standard InChI is InChI=1S/C13H25F2N3O/c1-16-13(18-10-12(14)15)17-8-9-19-11-6-4-2-3-5-7-11/h11-12H,2-10H2,1H3,(H2,16,17,18). The van der Waals surface area contributed by atoms with E-state index in [2.05, 4.69) is 15.6 Å². The molecule has 2 N–H and O–H groups in total. The van der Waals surface area contributed by atoms with Gasteiger partial charge in [-0.3, -0.25) is 4.99 Å². The first kappa shape index (κ1) is 16.1. The lowest BCUT2D eigenvalue weighted by atomic mass is 10.1. The van der Waals surface area contributed by atoms with Crippen molar-refractivity contribution in [2.24, 2.45) is 4.99 Å². The largest absolute Gasteiger partial charge is 0.376 e. The highest BCUT2D eigenvalue weighted by Gasteiger charge is 2.12. The van der Waals surface area contributed by atoms with E-state index >= 15 is 0 Å². The maximum atomic E-state index is 12.0. The molecule has 0 unspecified atom stereocenters. The summed E-state index contributed by atoms with van der Waals surface area (Å²) in [7, 11) is 1.56. The van der Waals surface area contributed by atoms with E-state index in [0.717, 1.165) is 12.8 Å². The van der Waals surface area contributed by atoms with Gasteiger partial charge in [0, 0.05) is 13.6 Å². The fourth-order valence-corrected chi connectivity index (χ4v) is 2.20. The molecule has 0 aromatic heterocycles. The van der Waals surface area contributed by atoms with Crippen molar-refractivity contribution < 1.29 is 13.5 Å². The summed E-state index contributed by atoms with van der Waals surface area (Å²) >= 11 is 0. The molecule has 1 aliphatic carbocycles. The zero-order chi connectivity index (χ0) is 13.9. The Balaban J connectivity index is 2.07. The molecular weight excluding hydrogens is 252 g/mol. The minimum Gasteiger partial charge on any atom is -0.376 e. The highest BCUT2D eigenvalue weighted by molar-refractivity contribution is 5.79. The molecule has 1 saturated carbocycles. The molecule has 0 aromatic rings. The van der Waals surface area contributed by atoms with Gasteiger partial charge in [0.1, 0.15) is 0 Å². The molecule has 6 heteroatoms. The lowest BCUT2D eigenvalue weighted by Crippen LogP contribution is -2.41. The molecule has 0 heterocycles. The molecule has 19 heavy (non-hydrogen) atoms. The molecule has 0 bridgehead atoms. The van der Waals surface area contributed by atoms with Crippen LogP contribution in [0, 0.1) is 0 Å². The van der Waals surface area contributed by atoms with Crippen LogP contribution in [0.2, 0.25) is 0 Å². The van der Waals surface area contributed by atoms with Crippen LogP contribution in [-0.4, -0.2) is 45.2 Å². The van der Waals surface area contributed by atoms with E-state index in [1.807, 2.05) is 0 Å². The Kier molecular flexibility index (Phi) is 8.45. The van der Waals surface area contributed by atoms with E-state index in [4.69, 9.17) is 4.74 Å². The summed E-state index contributed by atoms with van der Waals surface area (Å²) in [5, 5.41) is 5.51. The normalized spacial score (nSPS) is 18.4. The average molecular weight is 277 g/mol. The Morgan fingerprint density at radius 1 is 1.21 bits per heavy atom. The van der Waals surface area contributed by atoms with E-state index in [9.17, 15) is 8.78 Å². The Morgan fingerprint density at radius 2 is 1.89 bits per heavy atom. The lowest BCUT2D eigenvalue weighted by molar-refractivity contribution is 0.0468. The third kappa shape index (κ3) is 7.97. The van der Waals surface area contributed by atoms with Crippen molar-refractivity contribution in [1.29, 1.82) is 0 Å². The van der Waals surface area contributed by atoms with Gasteiger partial charge in [-0.15, -0.1) is 0 Å². The van der Waals surface area contributed by atoms with Gasteiger partial charge in [-0.25, -0.2) is 8.78 Å². The van der Waals surface area contributed by atoms with Gasteiger partial charge in [-0.1, -0.05) is 25.7 Å². The van der Waals surface area contributed by atoms with Crippen LogP contribution in [0.25, 0.3) is 0 Å². The van der Waals surface area contributed by atoms with E-state index in [0.29, 0.717) is 25.2 Å². The van der Waals surface area contributed by atoms with Crippen LogP contribution in [0.4, 0.5) is 8.78 Å². The Bertz CT molecular complexity index is 254. The van der Waals surface area contributed by atoms with Crippen molar-refractivity contribution in [1.82, 2.24) is 10.6 Å². The van der Waals surface area contributed by atoms with E-state index in [-0.39, 0.29) is 6.54 Å². The maximum Gasteiger partial charge on any atom is 0.255 e. The van der Waals surface area contributed by atoms with Crippen LogP contribution in [-0.2, 0) is 4.74 Å². The first-order valence-electron chi connectivity index (χ1n) is 7.06. The van der Waals surface area contributed by atoms with Crippen molar-refractivity contribution in [2.75, 3.05) is 26.7 Å². The quantitative estimate of drug-likeness (QED) is 0.338. The molecule has 112 valence electrons. The maximum absolute atomic E-state index is 12.0. The van der Waals surface area contributed by atoms with Crippen molar-refractivity contribution >= 4 is 5.96 Å². The number of nitrogens with zero attached hydrogens (tertiary/aromatic N) is 1. The molecule has 0 aromatic carbocycles. The number of ether oxygens (including phenoxy) is 1. The lowest BCUT2D eigenvalue weighted by Gasteiger charge is -2.16. The Morgan fingerprint density at radius 3 is 2.47 bits per heavy atom. The number of guanidine groups is 1. The number of hydrogen-bond acceptors (Lipinski definition) is 2. The molecular formula is C13H25F2N3O. The number of hydrogen-bond donors (Lipinski definition) is 2. The summed E-state index contributed by atoms with van der Waals surface area (Å²) in [5.74, 6) is 0.393. The summed E-state index contributed by atoms with van der Waals surface area (Å²) in [6.45, 7) is 0.780. The smallest absolute Gasteiger partial charge is 0.255 e. The second-order valence-corrected chi connectivity index (χ2v) is 4.76. The topological polar surface area (TPSA) is 45.7 Å². The van der Waals surface area contributed by atoms with Crippen molar-refractivity contribution in [2.45, 2.75) is 51.1 Å². The monoisotopic (exact) mass is 277 g/mol. The van der Waals surface area contributed by atoms with Crippen LogP contribution in [0.5, 0.6) is 0 Å². The zero-order valence-electron chi connectivity index (χ0n) is 11.6. The van der Waals surface area contributed by atoms with Crippen LogP contribution >= 0.6 is 0 Å². The van der Waals surface area contributed by atoms with Crippen molar-refractivity contribution in [3.8, 4) is 0 Å². The Labute approximate surface area is 114 Å². The summed E-state index contributed by atoms with van der Waals surface area (Å²) in [6, 6.07) is 0. The zero-order valence-corrected chi connectivity index (χ0v) is 11.6. The number of alkyl halides is 2. The third-order valence-corrected chi connectivity index (χ3v) is 3.20. The van der Waals surface area contributed by atoms with E-state index in [1.165, 1.54) is 25.7 Å². The summed E-state index contributed by atoms with van der Waals surface area (Å²) in [6.07, 6.45) is 5.37. The average Bonchev–Trinajstić information content (AvgIpc) is 2.66. The van der Waals surface area contributed by atoms with Gasteiger partial charge in [-0.05, 0) is 12.8 Å². The molecule has 0 aliphatic heterocycles. The molecule has 1 aliphatic rings. The molecule has 0 spiro atoms. The molecule has 0 amide bonds. The van der Waals surface area contributed by atoms with Crippen LogP contribution in [0.15, 0.2) is 4.99 Å². The van der Waals surface area contributed by atoms with Crippen LogP contribution < -0.4 is 10.6 Å². The molecule has 0 atom stereocenters. The molecule has 4 nitrogen and oxygen atoms in total. The van der Waals surface area contributed by atoms with Gasteiger partial charge in [0.05, 0.1) is 19.3 Å². The second kappa shape index (κ2) is 9.95. The second-order valence-electron chi connectivity index (χ2n) is 4.76. The van der Waals surface area contributed by atoms with Gasteiger partial charge in [0.15, 0.2) is 5.96 Å². The number of halogens is 2. The number of aliphatic imine (C=N–C) groups is 1. The molecule has 1 fully saturated rings. The Hall–Kier alpha value is -0.910. The fourth-order valence-electron chi connectivity index (χ4n) is 2.20. The number of rotatable bonds is 6. The van der Waals surface area contributed by atoms with Crippen LogP contribution in [0.3, 0.4) is 0 Å². The van der Waals surface area contributed by atoms with E-state index in [1.54, 1.807) is 7.05 Å². The van der Waals surface area contributed by atoms with Gasteiger partial charge in [0.25, 0.3) is 6.43 Å². The highest BCUT2D eigenvalue weighted by Crippen LogP contribution is 2.19. The van der Waals surface area contributed by atoms with E-state index < -0.39 is 6.43 Å². The minimum atomic E-state index is -2.37. The predicted molar refractivity (Wildman–Crippen MR) is 72.8 cm³/mol. The number of nitrogens with one attached hydrogen (secondary N) is 2. The summed E-state index contributed by atoms with van der Waals surface area (Å²) < 4.78 is 29.9. The first-order chi connectivity index (χ1) is 9.22. The first-order valence-corrected chi connectivity index (χ1v) is 7.06. The van der Waals surface area contributed by atoms with Gasteiger partial charge >= 0.3 is 0 Å². The van der Waals surface area contributed by atoms with Gasteiger partial charge in [0.2, 0.25) is 0 Å².